The topological polar surface area (TPSA) is 112 Å². The summed E-state index contributed by atoms with van der Waals surface area (Å²) in [5.41, 5.74) is 5.98. The minimum atomic E-state index is -0.903. The second-order valence-corrected chi connectivity index (χ2v) is 9.85. The number of H-pyrrole nitrogens is 1. The molecule has 3 N–H and O–H groups in total. The van der Waals surface area contributed by atoms with Crippen LogP contribution in [0.4, 0.5) is 5.69 Å². The molecule has 0 saturated carbocycles. The molecule has 0 aliphatic carbocycles. The molecular formula is C31H28N6O3. The molecule has 0 fully saturated rings. The van der Waals surface area contributed by atoms with Gasteiger partial charge in [0.05, 0.1) is 5.69 Å². The average Bonchev–Trinajstić information content (AvgIpc) is 3.42. The van der Waals surface area contributed by atoms with Crippen LogP contribution in [-0.2, 0) is 24.2 Å². The summed E-state index contributed by atoms with van der Waals surface area (Å²) in [4.78, 5) is 31.9. The van der Waals surface area contributed by atoms with E-state index in [1.807, 2.05) is 48.5 Å². The number of fused-ring (bicyclic) bond motifs is 2. The van der Waals surface area contributed by atoms with Crippen molar-refractivity contribution >= 4 is 17.5 Å². The van der Waals surface area contributed by atoms with Crippen molar-refractivity contribution in [3.05, 3.63) is 106 Å². The molecule has 200 valence electrons. The highest BCUT2D eigenvalue weighted by atomic mass is 16.5. The van der Waals surface area contributed by atoms with E-state index in [1.165, 1.54) is 16.0 Å². The number of carbonyl (C=O) groups excluding carboxylic acids is 2. The molecule has 1 atom stereocenters. The Morgan fingerprint density at radius 3 is 2.73 bits per heavy atom. The Bertz CT molecular complexity index is 1640. The van der Waals surface area contributed by atoms with E-state index in [0.29, 0.717) is 23.7 Å². The van der Waals surface area contributed by atoms with Crippen LogP contribution >= 0.6 is 0 Å². The second-order valence-electron chi connectivity index (χ2n) is 9.85. The molecule has 3 heterocycles. The smallest absolute Gasteiger partial charge is 0.291 e. The van der Waals surface area contributed by atoms with Crippen LogP contribution in [0.2, 0.25) is 0 Å². The standard InChI is InChI=1S/C31H28N6O3/c1-37-26-16-22(8-7-21-9-11-23-13-14-32-18-24(23)15-21)10-12-27(26)40-19-25(31(37)39)33-30(38)29-34-28(35-36-29)17-20-5-3-2-4-6-20/h2-6,9-12,15-16,25,32H,13-14,17-19H2,1H3,(H,33,38)(H,34,35,36)/t25-/m0/s1. The third kappa shape index (κ3) is 5.44. The molecule has 2 aliphatic rings. The third-order valence-electron chi connectivity index (χ3n) is 7.05. The van der Waals surface area contributed by atoms with E-state index in [-0.39, 0.29) is 18.3 Å². The van der Waals surface area contributed by atoms with Crippen LogP contribution in [0.15, 0.2) is 66.7 Å². The predicted molar refractivity (Wildman–Crippen MR) is 150 cm³/mol. The molecule has 2 amide bonds. The number of benzene rings is 3. The van der Waals surface area contributed by atoms with Crippen molar-refractivity contribution in [3.63, 3.8) is 0 Å². The number of likely N-dealkylation sites (N-methyl/N-ethyl adjacent to an activating group) is 1. The van der Waals surface area contributed by atoms with Crippen LogP contribution < -0.4 is 20.3 Å². The van der Waals surface area contributed by atoms with Gasteiger partial charge in [-0.2, -0.15) is 0 Å². The SMILES string of the molecule is CN1C(=O)[C@@H](NC(=O)c2n[nH]c(Cc3ccccc3)n2)COc2ccc(C#Cc3ccc4c(c3)CNCC4)cc21. The minimum Gasteiger partial charge on any atom is -0.489 e. The second kappa shape index (κ2) is 11.0. The van der Waals surface area contributed by atoms with Crippen molar-refractivity contribution in [2.24, 2.45) is 0 Å². The van der Waals surface area contributed by atoms with Gasteiger partial charge in [-0.1, -0.05) is 48.2 Å². The van der Waals surface area contributed by atoms with E-state index in [0.717, 1.165) is 36.2 Å². The molecule has 6 rings (SSSR count). The number of aromatic amines is 1. The number of amides is 2. The number of carbonyl (C=O) groups is 2. The van der Waals surface area contributed by atoms with E-state index in [2.05, 4.69) is 49.8 Å². The summed E-state index contributed by atoms with van der Waals surface area (Å²) in [6.45, 7) is 1.84. The van der Waals surface area contributed by atoms with Crippen molar-refractivity contribution < 1.29 is 14.3 Å². The normalized spacial score (nSPS) is 16.1. The molecule has 1 aromatic heterocycles. The van der Waals surface area contributed by atoms with Crippen LogP contribution in [0.1, 0.15) is 44.3 Å². The first-order chi connectivity index (χ1) is 19.5. The van der Waals surface area contributed by atoms with Gasteiger partial charge in [0.2, 0.25) is 5.82 Å². The summed E-state index contributed by atoms with van der Waals surface area (Å²) in [6.07, 6.45) is 1.54. The minimum absolute atomic E-state index is 0.0165. The Balaban J connectivity index is 1.14. The van der Waals surface area contributed by atoms with Gasteiger partial charge in [-0.15, -0.1) is 5.10 Å². The first kappa shape index (κ1) is 25.3. The van der Waals surface area contributed by atoms with E-state index in [4.69, 9.17) is 4.74 Å². The summed E-state index contributed by atoms with van der Waals surface area (Å²) in [6, 6.07) is 20.7. The molecule has 9 nitrogen and oxygen atoms in total. The van der Waals surface area contributed by atoms with Crippen molar-refractivity contribution in [2.45, 2.75) is 25.4 Å². The Morgan fingerprint density at radius 1 is 1.07 bits per heavy atom. The van der Waals surface area contributed by atoms with E-state index >= 15 is 0 Å². The highest BCUT2D eigenvalue weighted by Crippen LogP contribution is 2.31. The molecule has 9 heteroatoms. The first-order valence-corrected chi connectivity index (χ1v) is 13.2. The van der Waals surface area contributed by atoms with Gasteiger partial charge in [0.25, 0.3) is 11.8 Å². The number of hydrogen-bond acceptors (Lipinski definition) is 6. The number of rotatable bonds is 4. The highest BCUT2D eigenvalue weighted by Gasteiger charge is 2.31. The van der Waals surface area contributed by atoms with Gasteiger partial charge < -0.3 is 20.3 Å². The molecule has 0 unspecified atom stereocenters. The zero-order valence-electron chi connectivity index (χ0n) is 22.0. The molecule has 4 aromatic rings. The maximum atomic E-state index is 13.3. The summed E-state index contributed by atoms with van der Waals surface area (Å²) >= 11 is 0. The maximum Gasteiger partial charge on any atom is 0.291 e. The molecule has 2 aliphatic heterocycles. The molecule has 0 radical (unpaired) electrons. The monoisotopic (exact) mass is 532 g/mol. The molecule has 0 bridgehead atoms. The molecule has 0 spiro atoms. The zero-order chi connectivity index (χ0) is 27.5. The summed E-state index contributed by atoms with van der Waals surface area (Å²) < 4.78 is 5.92. The Hall–Kier alpha value is -4.94. The average molecular weight is 533 g/mol. The zero-order valence-corrected chi connectivity index (χ0v) is 22.0. The third-order valence-corrected chi connectivity index (χ3v) is 7.05. The fraction of sp³-hybridized carbons (Fsp3) is 0.226. The van der Waals surface area contributed by atoms with E-state index in [9.17, 15) is 9.59 Å². The Morgan fingerprint density at radius 2 is 1.88 bits per heavy atom. The lowest BCUT2D eigenvalue weighted by atomic mass is 9.98. The van der Waals surface area contributed by atoms with Gasteiger partial charge in [0, 0.05) is 31.1 Å². The molecule has 0 saturated heterocycles. The fourth-order valence-electron chi connectivity index (χ4n) is 4.87. The maximum absolute atomic E-state index is 13.3. The van der Waals surface area contributed by atoms with Gasteiger partial charge in [0.1, 0.15) is 24.2 Å². The highest BCUT2D eigenvalue weighted by molar-refractivity contribution is 6.02. The van der Waals surface area contributed by atoms with Crippen LogP contribution in [0.3, 0.4) is 0 Å². The quantitative estimate of drug-likeness (QED) is 0.349. The number of anilines is 1. The van der Waals surface area contributed by atoms with Crippen molar-refractivity contribution in [2.75, 3.05) is 25.1 Å². The van der Waals surface area contributed by atoms with Crippen molar-refractivity contribution in [1.82, 2.24) is 25.8 Å². The fourth-order valence-corrected chi connectivity index (χ4v) is 4.87. The lowest BCUT2D eigenvalue weighted by Gasteiger charge is -2.20. The number of hydrogen-bond donors (Lipinski definition) is 3. The van der Waals surface area contributed by atoms with Gasteiger partial charge >= 0.3 is 0 Å². The first-order valence-electron chi connectivity index (χ1n) is 13.2. The van der Waals surface area contributed by atoms with Gasteiger partial charge in [0.15, 0.2) is 0 Å². The number of aromatic nitrogens is 3. The van der Waals surface area contributed by atoms with Crippen molar-refractivity contribution in [3.8, 4) is 17.6 Å². The van der Waals surface area contributed by atoms with Crippen LogP contribution in [0.5, 0.6) is 5.75 Å². The number of ether oxygens (including phenoxy) is 1. The summed E-state index contributed by atoms with van der Waals surface area (Å²) in [7, 11) is 1.66. The molecular weight excluding hydrogens is 504 g/mol. The molecule has 40 heavy (non-hydrogen) atoms. The lowest BCUT2D eigenvalue weighted by molar-refractivity contribution is -0.120. The molecule has 3 aromatic carbocycles. The van der Waals surface area contributed by atoms with Crippen molar-refractivity contribution in [1.29, 1.82) is 0 Å². The number of nitrogens with zero attached hydrogens (tertiary/aromatic N) is 3. The van der Waals surface area contributed by atoms with Gasteiger partial charge in [-0.05, 0) is 60.0 Å². The van der Waals surface area contributed by atoms with Gasteiger partial charge in [-0.25, -0.2) is 4.98 Å². The summed E-state index contributed by atoms with van der Waals surface area (Å²) in [5, 5.41) is 12.9. The largest absolute Gasteiger partial charge is 0.489 e. The van der Waals surface area contributed by atoms with Crippen LogP contribution in [0.25, 0.3) is 0 Å². The number of nitrogens with one attached hydrogen (secondary N) is 3. The van der Waals surface area contributed by atoms with Gasteiger partial charge in [-0.3, -0.25) is 14.7 Å². The predicted octanol–water partition coefficient (Wildman–Crippen LogP) is 2.59. The Labute approximate surface area is 232 Å². The van der Waals surface area contributed by atoms with Crippen LogP contribution in [-0.4, -0.2) is 53.2 Å². The Kier molecular flexibility index (Phi) is 7.00. The lowest BCUT2D eigenvalue weighted by Crippen LogP contribution is -2.49. The van der Waals surface area contributed by atoms with Crippen LogP contribution in [0, 0.1) is 11.8 Å². The summed E-state index contributed by atoms with van der Waals surface area (Å²) in [5.74, 6) is 6.65. The van der Waals surface area contributed by atoms with E-state index in [1.54, 1.807) is 13.1 Å². The van der Waals surface area contributed by atoms with E-state index < -0.39 is 11.9 Å².